The second kappa shape index (κ2) is 5.03. The van der Waals surface area contributed by atoms with E-state index in [4.69, 9.17) is 5.73 Å². The molecule has 2 atom stereocenters. The van der Waals surface area contributed by atoms with Gasteiger partial charge in [0.25, 0.3) is 0 Å². The van der Waals surface area contributed by atoms with E-state index in [1.165, 1.54) is 23.5 Å². The molecule has 1 aromatic heterocycles. The highest BCUT2D eigenvalue weighted by Crippen LogP contribution is 2.32. The lowest BCUT2D eigenvalue weighted by molar-refractivity contribution is 0.481. The van der Waals surface area contributed by atoms with Gasteiger partial charge in [0.2, 0.25) is 0 Å². The van der Waals surface area contributed by atoms with E-state index in [1.54, 1.807) is 0 Å². The van der Waals surface area contributed by atoms with Gasteiger partial charge in [0.05, 0.1) is 6.20 Å². The average molecular weight is 225 g/mol. The van der Waals surface area contributed by atoms with Crippen LogP contribution >= 0.6 is 11.8 Å². The Bertz CT molecular complexity index is 305. The standard InChI is InChI=1S/C11H19N3S/c1-2-4-14-7-10(6-13-14)11(12)9-3-5-15-8-9/h6-7,9,11H,2-5,8,12H2,1H3. The monoisotopic (exact) mass is 225 g/mol. The van der Waals surface area contributed by atoms with Crippen LogP contribution in [0.2, 0.25) is 0 Å². The van der Waals surface area contributed by atoms with Crippen LogP contribution in [0.5, 0.6) is 0 Å². The van der Waals surface area contributed by atoms with Gasteiger partial charge < -0.3 is 5.73 Å². The summed E-state index contributed by atoms with van der Waals surface area (Å²) in [6, 6.07) is 0.186. The highest BCUT2D eigenvalue weighted by molar-refractivity contribution is 7.99. The Morgan fingerprint density at radius 1 is 1.73 bits per heavy atom. The molecule has 84 valence electrons. The Balaban J connectivity index is 2.00. The zero-order valence-corrected chi connectivity index (χ0v) is 10.0. The lowest BCUT2D eigenvalue weighted by Gasteiger charge is -2.16. The Morgan fingerprint density at radius 3 is 3.27 bits per heavy atom. The first-order valence-electron chi connectivity index (χ1n) is 5.67. The van der Waals surface area contributed by atoms with Crippen molar-refractivity contribution in [3.63, 3.8) is 0 Å². The first kappa shape index (κ1) is 11.0. The van der Waals surface area contributed by atoms with Crippen molar-refractivity contribution in [2.75, 3.05) is 11.5 Å². The van der Waals surface area contributed by atoms with Gasteiger partial charge in [0, 0.05) is 24.3 Å². The van der Waals surface area contributed by atoms with Crippen LogP contribution in [0.1, 0.15) is 31.4 Å². The molecule has 4 heteroatoms. The molecule has 0 bridgehead atoms. The van der Waals surface area contributed by atoms with Crippen LogP contribution in [0.4, 0.5) is 0 Å². The summed E-state index contributed by atoms with van der Waals surface area (Å²) in [6.07, 6.45) is 6.42. The number of nitrogens with two attached hydrogens (primary N) is 1. The summed E-state index contributed by atoms with van der Waals surface area (Å²) >= 11 is 2.02. The fraction of sp³-hybridized carbons (Fsp3) is 0.727. The average Bonchev–Trinajstić information content (AvgIpc) is 2.87. The molecular formula is C11H19N3S. The van der Waals surface area contributed by atoms with Crippen LogP contribution < -0.4 is 5.73 Å². The molecule has 1 aromatic rings. The predicted octanol–water partition coefficient (Wildman–Crippen LogP) is 2.05. The number of aryl methyl sites for hydroxylation is 1. The number of aromatic nitrogens is 2. The van der Waals surface area contributed by atoms with E-state index in [9.17, 15) is 0 Å². The van der Waals surface area contributed by atoms with Crippen molar-refractivity contribution in [1.29, 1.82) is 0 Å². The Labute approximate surface area is 95.4 Å². The number of thioether (sulfide) groups is 1. The van der Waals surface area contributed by atoms with E-state index in [2.05, 4.69) is 18.2 Å². The first-order chi connectivity index (χ1) is 7.31. The molecule has 2 rings (SSSR count). The molecule has 0 saturated carbocycles. The van der Waals surface area contributed by atoms with Crippen molar-refractivity contribution >= 4 is 11.8 Å². The van der Waals surface area contributed by atoms with Gasteiger partial charge in [-0.15, -0.1) is 0 Å². The lowest BCUT2D eigenvalue weighted by atomic mass is 9.96. The van der Waals surface area contributed by atoms with E-state index in [0.29, 0.717) is 5.92 Å². The summed E-state index contributed by atoms with van der Waals surface area (Å²) in [5.74, 6) is 3.12. The number of nitrogens with zero attached hydrogens (tertiary/aromatic N) is 2. The lowest BCUT2D eigenvalue weighted by Crippen LogP contribution is -2.20. The number of hydrogen-bond donors (Lipinski definition) is 1. The maximum absolute atomic E-state index is 6.24. The molecule has 2 unspecified atom stereocenters. The van der Waals surface area contributed by atoms with Crippen molar-refractivity contribution < 1.29 is 0 Å². The van der Waals surface area contributed by atoms with Gasteiger partial charge in [-0.25, -0.2) is 0 Å². The largest absolute Gasteiger partial charge is 0.324 e. The van der Waals surface area contributed by atoms with E-state index < -0.39 is 0 Å². The summed E-state index contributed by atoms with van der Waals surface area (Å²) in [7, 11) is 0. The molecule has 1 saturated heterocycles. The van der Waals surface area contributed by atoms with Gasteiger partial charge in [0.15, 0.2) is 0 Å². The zero-order valence-electron chi connectivity index (χ0n) is 9.22. The summed E-state index contributed by atoms with van der Waals surface area (Å²) < 4.78 is 2.00. The highest BCUT2D eigenvalue weighted by Gasteiger charge is 2.24. The predicted molar refractivity (Wildman–Crippen MR) is 64.9 cm³/mol. The quantitative estimate of drug-likeness (QED) is 0.853. The van der Waals surface area contributed by atoms with Crippen LogP contribution in [-0.2, 0) is 6.54 Å². The molecule has 0 radical (unpaired) electrons. The van der Waals surface area contributed by atoms with Crippen LogP contribution in [0.25, 0.3) is 0 Å². The fourth-order valence-corrected chi connectivity index (χ4v) is 3.32. The molecule has 2 heterocycles. The molecule has 15 heavy (non-hydrogen) atoms. The van der Waals surface area contributed by atoms with Crippen molar-refractivity contribution in [3.05, 3.63) is 18.0 Å². The Kier molecular flexibility index (Phi) is 3.70. The topological polar surface area (TPSA) is 43.8 Å². The molecule has 0 aliphatic carbocycles. The van der Waals surface area contributed by atoms with Crippen molar-refractivity contribution in [1.82, 2.24) is 9.78 Å². The van der Waals surface area contributed by atoms with E-state index >= 15 is 0 Å². The van der Waals surface area contributed by atoms with E-state index in [-0.39, 0.29) is 6.04 Å². The first-order valence-corrected chi connectivity index (χ1v) is 6.82. The minimum atomic E-state index is 0.186. The zero-order chi connectivity index (χ0) is 10.7. The molecule has 3 nitrogen and oxygen atoms in total. The molecule has 1 fully saturated rings. The molecular weight excluding hydrogens is 206 g/mol. The maximum atomic E-state index is 6.24. The second-order valence-corrected chi connectivity index (χ2v) is 5.34. The third kappa shape index (κ3) is 2.55. The van der Waals surface area contributed by atoms with Gasteiger partial charge in [-0.2, -0.15) is 16.9 Å². The minimum Gasteiger partial charge on any atom is -0.324 e. The van der Waals surface area contributed by atoms with E-state index in [1.807, 2.05) is 22.6 Å². The normalized spacial score (nSPS) is 23.2. The Hall–Kier alpha value is -0.480. The molecule has 1 aliphatic heterocycles. The van der Waals surface area contributed by atoms with Gasteiger partial charge in [-0.05, 0) is 30.3 Å². The fourth-order valence-electron chi connectivity index (χ4n) is 2.01. The smallest absolute Gasteiger partial charge is 0.0537 e. The van der Waals surface area contributed by atoms with Crippen LogP contribution in [-0.4, -0.2) is 21.3 Å². The van der Waals surface area contributed by atoms with Gasteiger partial charge in [-0.3, -0.25) is 4.68 Å². The minimum absolute atomic E-state index is 0.186. The third-order valence-corrected chi connectivity index (χ3v) is 4.15. The van der Waals surface area contributed by atoms with E-state index in [0.717, 1.165) is 13.0 Å². The number of hydrogen-bond acceptors (Lipinski definition) is 3. The van der Waals surface area contributed by atoms with Crippen molar-refractivity contribution in [2.24, 2.45) is 11.7 Å². The maximum Gasteiger partial charge on any atom is 0.0537 e. The van der Waals surface area contributed by atoms with Crippen LogP contribution in [0.3, 0.4) is 0 Å². The summed E-state index contributed by atoms with van der Waals surface area (Å²) in [4.78, 5) is 0. The molecule has 0 spiro atoms. The molecule has 1 aliphatic rings. The second-order valence-electron chi connectivity index (χ2n) is 4.19. The summed E-state index contributed by atoms with van der Waals surface area (Å²) in [5, 5.41) is 4.33. The van der Waals surface area contributed by atoms with Gasteiger partial charge >= 0.3 is 0 Å². The van der Waals surface area contributed by atoms with Crippen molar-refractivity contribution in [2.45, 2.75) is 32.4 Å². The molecule has 0 aromatic carbocycles. The highest BCUT2D eigenvalue weighted by atomic mass is 32.2. The summed E-state index contributed by atoms with van der Waals surface area (Å²) in [5.41, 5.74) is 7.45. The molecule has 2 N–H and O–H groups in total. The third-order valence-electron chi connectivity index (χ3n) is 2.96. The van der Waals surface area contributed by atoms with Gasteiger partial charge in [0.1, 0.15) is 0 Å². The van der Waals surface area contributed by atoms with Crippen molar-refractivity contribution in [3.8, 4) is 0 Å². The number of rotatable bonds is 4. The molecule has 0 amide bonds. The summed E-state index contributed by atoms with van der Waals surface area (Å²) in [6.45, 7) is 3.15. The van der Waals surface area contributed by atoms with Crippen LogP contribution in [0.15, 0.2) is 12.4 Å². The SMILES string of the molecule is CCCn1cc(C(N)C2CCSC2)cn1. The van der Waals surface area contributed by atoms with Crippen LogP contribution in [0, 0.1) is 5.92 Å². The Morgan fingerprint density at radius 2 is 2.60 bits per heavy atom. The van der Waals surface area contributed by atoms with Gasteiger partial charge in [-0.1, -0.05) is 6.92 Å².